The van der Waals surface area contributed by atoms with Crippen molar-refractivity contribution in [3.63, 3.8) is 0 Å². The van der Waals surface area contributed by atoms with E-state index in [0.29, 0.717) is 6.04 Å². The molecular formula is C16H23N3. The van der Waals surface area contributed by atoms with Gasteiger partial charge in [-0.1, -0.05) is 6.07 Å². The Labute approximate surface area is 115 Å². The van der Waals surface area contributed by atoms with Crippen molar-refractivity contribution >= 4 is 22.3 Å². The number of rotatable bonds is 5. The van der Waals surface area contributed by atoms with E-state index in [9.17, 15) is 0 Å². The molecule has 0 unspecified atom stereocenters. The summed E-state index contributed by atoms with van der Waals surface area (Å²) >= 11 is 0. The molecule has 0 radical (unpaired) electrons. The van der Waals surface area contributed by atoms with E-state index in [1.165, 1.54) is 10.8 Å². The van der Waals surface area contributed by atoms with Crippen molar-refractivity contribution in [3.05, 3.63) is 30.5 Å². The van der Waals surface area contributed by atoms with Gasteiger partial charge >= 0.3 is 0 Å². The first-order valence-corrected chi connectivity index (χ1v) is 7.06. The van der Waals surface area contributed by atoms with E-state index >= 15 is 0 Å². The van der Waals surface area contributed by atoms with E-state index in [1.54, 1.807) is 0 Å². The van der Waals surface area contributed by atoms with Crippen LogP contribution in [0.2, 0.25) is 0 Å². The van der Waals surface area contributed by atoms with Gasteiger partial charge in [0.25, 0.3) is 0 Å². The Kier molecular flexibility index (Phi) is 4.25. The van der Waals surface area contributed by atoms with E-state index in [-0.39, 0.29) is 0 Å². The van der Waals surface area contributed by atoms with Gasteiger partial charge in [-0.2, -0.15) is 0 Å². The van der Waals surface area contributed by atoms with Crippen molar-refractivity contribution in [1.29, 1.82) is 0 Å². The van der Waals surface area contributed by atoms with Crippen molar-refractivity contribution in [2.24, 2.45) is 0 Å². The zero-order chi connectivity index (χ0) is 13.8. The molecule has 0 aliphatic rings. The summed E-state index contributed by atoms with van der Waals surface area (Å²) in [5.41, 5.74) is 1.16. The molecule has 3 heteroatoms. The number of pyridine rings is 1. The minimum Gasteiger partial charge on any atom is -0.383 e. The largest absolute Gasteiger partial charge is 0.383 e. The lowest BCUT2D eigenvalue weighted by Gasteiger charge is -2.22. The molecule has 0 saturated carbocycles. The van der Waals surface area contributed by atoms with Crippen molar-refractivity contribution in [3.8, 4) is 0 Å². The summed E-state index contributed by atoms with van der Waals surface area (Å²) in [5.74, 6) is 1.08. The summed E-state index contributed by atoms with van der Waals surface area (Å²) in [7, 11) is 0. The summed E-state index contributed by atoms with van der Waals surface area (Å²) in [6, 6.07) is 9.01. The molecule has 0 amide bonds. The predicted octanol–water partition coefficient (Wildman–Crippen LogP) is 3.90. The predicted molar refractivity (Wildman–Crippen MR) is 84.1 cm³/mol. The lowest BCUT2D eigenvalue weighted by Crippen LogP contribution is -2.23. The fourth-order valence-electron chi connectivity index (χ4n) is 2.35. The molecular weight excluding hydrogens is 234 g/mol. The third-order valence-corrected chi connectivity index (χ3v) is 3.26. The van der Waals surface area contributed by atoms with Crippen LogP contribution in [0.4, 0.5) is 11.5 Å². The molecule has 0 bridgehead atoms. The Morgan fingerprint density at radius 2 is 1.89 bits per heavy atom. The topological polar surface area (TPSA) is 28.2 Å². The Morgan fingerprint density at radius 3 is 2.53 bits per heavy atom. The SMILES string of the molecule is CCN(CC)c1nccc2ccc(NC(C)C)cc12. The number of aromatic nitrogens is 1. The first-order valence-electron chi connectivity index (χ1n) is 7.06. The van der Waals surface area contributed by atoms with Crippen LogP contribution in [0.5, 0.6) is 0 Å². The Bertz CT molecular complexity index is 545. The number of benzene rings is 1. The fourth-order valence-corrected chi connectivity index (χ4v) is 2.35. The van der Waals surface area contributed by atoms with Gasteiger partial charge in [0.15, 0.2) is 0 Å². The Balaban J connectivity index is 2.51. The summed E-state index contributed by atoms with van der Waals surface area (Å²) in [6.45, 7) is 10.6. The van der Waals surface area contributed by atoms with E-state index in [4.69, 9.17) is 0 Å². The molecule has 1 aromatic carbocycles. The highest BCUT2D eigenvalue weighted by molar-refractivity contribution is 5.94. The summed E-state index contributed by atoms with van der Waals surface area (Å²) in [5, 5.41) is 5.91. The normalized spacial score (nSPS) is 11.0. The van der Waals surface area contributed by atoms with Gasteiger partial charge in [0, 0.05) is 36.4 Å². The molecule has 0 aliphatic carbocycles. The van der Waals surface area contributed by atoms with Crippen LogP contribution in [0.3, 0.4) is 0 Å². The fraction of sp³-hybridized carbons (Fsp3) is 0.438. The van der Waals surface area contributed by atoms with Crippen LogP contribution >= 0.6 is 0 Å². The van der Waals surface area contributed by atoms with Crippen molar-refractivity contribution < 1.29 is 0 Å². The van der Waals surface area contributed by atoms with Crippen LogP contribution in [0, 0.1) is 0 Å². The molecule has 0 saturated heterocycles. The second-order valence-electron chi connectivity index (χ2n) is 5.04. The first kappa shape index (κ1) is 13.7. The highest BCUT2D eigenvalue weighted by Crippen LogP contribution is 2.27. The monoisotopic (exact) mass is 257 g/mol. The van der Waals surface area contributed by atoms with Crippen LogP contribution in [-0.2, 0) is 0 Å². The molecule has 1 aromatic heterocycles. The quantitative estimate of drug-likeness (QED) is 0.880. The zero-order valence-electron chi connectivity index (χ0n) is 12.3. The molecule has 0 atom stereocenters. The molecule has 3 nitrogen and oxygen atoms in total. The molecule has 102 valence electrons. The summed E-state index contributed by atoms with van der Waals surface area (Å²) in [6.07, 6.45) is 1.89. The number of hydrogen-bond acceptors (Lipinski definition) is 3. The van der Waals surface area contributed by atoms with Crippen LogP contribution in [-0.4, -0.2) is 24.1 Å². The Hall–Kier alpha value is -1.77. The summed E-state index contributed by atoms with van der Waals surface area (Å²) in [4.78, 5) is 6.86. The molecule has 2 aromatic rings. The van der Waals surface area contributed by atoms with Gasteiger partial charge < -0.3 is 10.2 Å². The molecule has 0 fully saturated rings. The highest BCUT2D eigenvalue weighted by Gasteiger charge is 2.09. The minimum absolute atomic E-state index is 0.436. The van der Waals surface area contributed by atoms with Crippen molar-refractivity contribution in [2.45, 2.75) is 33.7 Å². The molecule has 2 rings (SSSR count). The average Bonchev–Trinajstić information content (AvgIpc) is 2.40. The second-order valence-corrected chi connectivity index (χ2v) is 5.04. The van der Waals surface area contributed by atoms with Gasteiger partial charge in [-0.3, -0.25) is 0 Å². The number of anilines is 2. The van der Waals surface area contributed by atoms with E-state index in [0.717, 1.165) is 24.6 Å². The maximum atomic E-state index is 4.57. The highest BCUT2D eigenvalue weighted by atomic mass is 15.2. The van der Waals surface area contributed by atoms with Crippen molar-refractivity contribution in [1.82, 2.24) is 4.98 Å². The van der Waals surface area contributed by atoms with E-state index < -0.39 is 0 Å². The summed E-state index contributed by atoms with van der Waals surface area (Å²) < 4.78 is 0. The second kappa shape index (κ2) is 5.91. The van der Waals surface area contributed by atoms with Gasteiger partial charge in [-0.15, -0.1) is 0 Å². The molecule has 0 aliphatic heterocycles. The third kappa shape index (κ3) is 2.98. The lowest BCUT2D eigenvalue weighted by atomic mass is 10.1. The van der Waals surface area contributed by atoms with E-state index in [2.05, 4.69) is 67.2 Å². The van der Waals surface area contributed by atoms with Crippen LogP contribution in [0.1, 0.15) is 27.7 Å². The van der Waals surface area contributed by atoms with Crippen LogP contribution in [0.25, 0.3) is 10.8 Å². The third-order valence-electron chi connectivity index (χ3n) is 3.26. The maximum Gasteiger partial charge on any atom is 0.136 e. The molecule has 1 heterocycles. The van der Waals surface area contributed by atoms with Gasteiger partial charge in [0.05, 0.1) is 0 Å². The van der Waals surface area contributed by atoms with Gasteiger partial charge in [0.2, 0.25) is 0 Å². The lowest BCUT2D eigenvalue weighted by molar-refractivity contribution is 0.851. The first-order chi connectivity index (χ1) is 9.15. The van der Waals surface area contributed by atoms with Crippen LogP contribution < -0.4 is 10.2 Å². The molecule has 0 spiro atoms. The zero-order valence-corrected chi connectivity index (χ0v) is 12.3. The van der Waals surface area contributed by atoms with Gasteiger partial charge in [-0.25, -0.2) is 4.98 Å². The maximum absolute atomic E-state index is 4.57. The molecule has 19 heavy (non-hydrogen) atoms. The smallest absolute Gasteiger partial charge is 0.136 e. The van der Waals surface area contributed by atoms with Gasteiger partial charge in [-0.05, 0) is 51.3 Å². The Morgan fingerprint density at radius 1 is 1.16 bits per heavy atom. The van der Waals surface area contributed by atoms with Crippen molar-refractivity contribution in [2.75, 3.05) is 23.3 Å². The van der Waals surface area contributed by atoms with E-state index in [1.807, 2.05) is 6.20 Å². The minimum atomic E-state index is 0.436. The average molecular weight is 257 g/mol. The number of fused-ring (bicyclic) bond motifs is 1. The standard InChI is InChI=1S/C16H23N3/c1-5-19(6-2)16-15-11-14(18-12(3)4)8-7-13(15)9-10-17-16/h7-12,18H,5-6H2,1-4H3. The molecule has 1 N–H and O–H groups in total. The number of nitrogens with zero attached hydrogens (tertiary/aromatic N) is 2. The van der Waals surface area contributed by atoms with Gasteiger partial charge in [0.1, 0.15) is 5.82 Å². The van der Waals surface area contributed by atoms with Crippen LogP contribution in [0.15, 0.2) is 30.5 Å². The number of nitrogens with one attached hydrogen (secondary N) is 1. The number of hydrogen-bond donors (Lipinski definition) is 1.